The van der Waals surface area contributed by atoms with Crippen molar-refractivity contribution in [2.75, 3.05) is 12.4 Å². The Kier molecular flexibility index (Phi) is 5.17. The normalized spacial score (nSPS) is 10.4. The molecule has 0 fully saturated rings. The number of ether oxygens (including phenoxy) is 2. The zero-order chi connectivity index (χ0) is 18.5. The van der Waals surface area contributed by atoms with Crippen LogP contribution in [0.15, 0.2) is 47.0 Å². The third kappa shape index (κ3) is 3.83. The lowest BCUT2D eigenvalue weighted by molar-refractivity contribution is 0.0994. The van der Waals surface area contributed by atoms with Crippen LogP contribution in [0.3, 0.4) is 0 Å². The number of para-hydroxylation sites is 2. The number of rotatable bonds is 6. The van der Waals surface area contributed by atoms with Crippen molar-refractivity contribution in [3.8, 4) is 17.4 Å². The molecule has 0 radical (unpaired) electrons. The third-order valence-electron chi connectivity index (χ3n) is 3.63. The van der Waals surface area contributed by atoms with Gasteiger partial charge >= 0.3 is 0 Å². The van der Waals surface area contributed by atoms with E-state index in [2.05, 4.69) is 15.3 Å². The maximum Gasteiger partial charge on any atom is 0.293 e. The number of benzene rings is 1. The molecule has 7 heteroatoms. The van der Waals surface area contributed by atoms with Crippen LogP contribution in [0.1, 0.15) is 29.1 Å². The van der Waals surface area contributed by atoms with Crippen LogP contribution in [0.25, 0.3) is 0 Å². The van der Waals surface area contributed by atoms with E-state index in [4.69, 9.17) is 13.9 Å². The van der Waals surface area contributed by atoms with Crippen LogP contribution in [0.5, 0.6) is 17.4 Å². The lowest BCUT2D eigenvalue weighted by Crippen LogP contribution is -2.12. The minimum absolute atomic E-state index is 0.205. The summed E-state index contributed by atoms with van der Waals surface area (Å²) in [6, 6.07) is 10.6. The van der Waals surface area contributed by atoms with Crippen LogP contribution in [0.2, 0.25) is 0 Å². The van der Waals surface area contributed by atoms with E-state index in [-0.39, 0.29) is 11.7 Å². The van der Waals surface area contributed by atoms with E-state index in [1.807, 2.05) is 19.1 Å². The minimum Gasteiger partial charge on any atom is -0.493 e. The van der Waals surface area contributed by atoms with E-state index in [0.717, 1.165) is 0 Å². The van der Waals surface area contributed by atoms with Gasteiger partial charge in [-0.1, -0.05) is 19.1 Å². The third-order valence-corrected chi connectivity index (χ3v) is 3.63. The van der Waals surface area contributed by atoms with Gasteiger partial charge in [-0.15, -0.1) is 0 Å². The molecule has 0 aliphatic heterocycles. The second-order valence-electron chi connectivity index (χ2n) is 5.47. The predicted molar refractivity (Wildman–Crippen MR) is 95.9 cm³/mol. The number of hydrogen-bond acceptors (Lipinski definition) is 6. The van der Waals surface area contributed by atoms with E-state index in [1.165, 1.54) is 6.20 Å². The second-order valence-corrected chi connectivity index (χ2v) is 5.47. The Balaban J connectivity index is 1.69. The topological polar surface area (TPSA) is 86.5 Å². The fraction of sp³-hybridized carbons (Fsp3) is 0.211. The molecule has 2 heterocycles. The summed E-state index contributed by atoms with van der Waals surface area (Å²) in [5, 5.41) is 2.73. The molecule has 1 amide bonds. The van der Waals surface area contributed by atoms with E-state index in [1.54, 1.807) is 38.3 Å². The summed E-state index contributed by atoms with van der Waals surface area (Å²) in [5.41, 5.74) is 1.08. The number of carbonyl (C=O) groups excluding carboxylic acids is 1. The minimum atomic E-state index is -0.366. The van der Waals surface area contributed by atoms with Gasteiger partial charge in [-0.05, 0) is 25.1 Å². The molecule has 0 atom stereocenters. The largest absolute Gasteiger partial charge is 0.493 e. The fourth-order valence-electron chi connectivity index (χ4n) is 2.33. The lowest BCUT2D eigenvalue weighted by atomic mass is 10.3. The van der Waals surface area contributed by atoms with Crippen molar-refractivity contribution in [2.45, 2.75) is 20.3 Å². The monoisotopic (exact) mass is 353 g/mol. The Morgan fingerprint density at radius 3 is 2.58 bits per heavy atom. The van der Waals surface area contributed by atoms with Gasteiger partial charge in [0.05, 0.1) is 24.7 Å². The maximum atomic E-state index is 12.3. The molecule has 7 nitrogen and oxygen atoms in total. The number of anilines is 1. The van der Waals surface area contributed by atoms with Crippen molar-refractivity contribution in [2.24, 2.45) is 0 Å². The molecule has 0 aliphatic carbocycles. The summed E-state index contributed by atoms with van der Waals surface area (Å²) in [6.45, 7) is 3.65. The Labute approximate surface area is 151 Å². The van der Waals surface area contributed by atoms with Crippen LogP contribution in [-0.4, -0.2) is 23.0 Å². The summed E-state index contributed by atoms with van der Waals surface area (Å²) in [5.74, 6) is 1.93. The molecule has 0 saturated heterocycles. The first-order chi connectivity index (χ1) is 12.6. The van der Waals surface area contributed by atoms with Crippen molar-refractivity contribution in [3.63, 3.8) is 0 Å². The first kappa shape index (κ1) is 17.5. The Hall–Kier alpha value is -3.35. The number of aryl methyl sites for hydroxylation is 2. The van der Waals surface area contributed by atoms with Crippen molar-refractivity contribution in [1.82, 2.24) is 9.97 Å². The molecule has 1 aromatic carbocycles. The predicted octanol–water partition coefficient (Wildman–Crippen LogP) is 3.99. The highest BCUT2D eigenvalue weighted by atomic mass is 16.5. The zero-order valence-corrected chi connectivity index (χ0v) is 14.8. The Morgan fingerprint density at radius 2 is 1.96 bits per heavy atom. The number of pyridine rings is 1. The van der Waals surface area contributed by atoms with Gasteiger partial charge in [0, 0.05) is 12.5 Å². The molecule has 2 aromatic heterocycles. The van der Waals surface area contributed by atoms with Crippen molar-refractivity contribution in [3.05, 3.63) is 59.9 Å². The first-order valence-electron chi connectivity index (χ1n) is 8.15. The van der Waals surface area contributed by atoms with Gasteiger partial charge in [0.15, 0.2) is 17.4 Å². The fourth-order valence-corrected chi connectivity index (χ4v) is 2.33. The molecule has 0 bridgehead atoms. The van der Waals surface area contributed by atoms with Gasteiger partial charge in [0.1, 0.15) is 0 Å². The van der Waals surface area contributed by atoms with E-state index >= 15 is 0 Å². The summed E-state index contributed by atoms with van der Waals surface area (Å²) in [6.07, 6.45) is 2.14. The number of amides is 1. The zero-order valence-electron chi connectivity index (χ0n) is 14.8. The summed E-state index contributed by atoms with van der Waals surface area (Å²) >= 11 is 0. The highest BCUT2D eigenvalue weighted by molar-refractivity contribution is 6.02. The van der Waals surface area contributed by atoms with E-state index < -0.39 is 0 Å². The molecule has 0 saturated carbocycles. The van der Waals surface area contributed by atoms with Gasteiger partial charge in [-0.3, -0.25) is 4.79 Å². The average molecular weight is 353 g/mol. The summed E-state index contributed by atoms with van der Waals surface area (Å²) in [7, 11) is 1.57. The molecule has 0 unspecified atom stereocenters. The summed E-state index contributed by atoms with van der Waals surface area (Å²) in [4.78, 5) is 20.7. The van der Waals surface area contributed by atoms with Crippen molar-refractivity contribution < 1.29 is 18.7 Å². The van der Waals surface area contributed by atoms with Crippen LogP contribution in [0.4, 0.5) is 5.69 Å². The number of nitrogens with zero attached hydrogens (tertiary/aromatic N) is 2. The van der Waals surface area contributed by atoms with Gasteiger partial charge in [-0.25, -0.2) is 9.97 Å². The van der Waals surface area contributed by atoms with Crippen LogP contribution in [-0.2, 0) is 6.42 Å². The molecule has 3 aromatic rings. The standard InChI is InChI=1S/C19H19N3O4/c1-4-16-21-12(2)18(26-16)19(23)22-13-9-10-17(20-11-13)25-15-8-6-5-7-14(15)24-3/h5-11H,4H2,1-3H3,(H,22,23). The first-order valence-corrected chi connectivity index (χ1v) is 8.15. The quantitative estimate of drug-likeness (QED) is 0.721. The number of methoxy groups -OCH3 is 1. The average Bonchev–Trinajstić information content (AvgIpc) is 3.05. The molecular weight excluding hydrogens is 334 g/mol. The van der Waals surface area contributed by atoms with Gasteiger partial charge in [-0.2, -0.15) is 0 Å². The number of oxazole rings is 1. The molecule has 134 valence electrons. The lowest BCUT2D eigenvalue weighted by Gasteiger charge is -2.09. The van der Waals surface area contributed by atoms with Crippen LogP contribution >= 0.6 is 0 Å². The van der Waals surface area contributed by atoms with E-state index in [0.29, 0.717) is 41.1 Å². The SMILES string of the molecule is CCc1nc(C)c(C(=O)Nc2ccc(Oc3ccccc3OC)nc2)o1. The number of hydrogen-bond donors (Lipinski definition) is 1. The molecule has 0 spiro atoms. The Bertz CT molecular complexity index is 903. The molecular formula is C19H19N3O4. The number of aromatic nitrogens is 2. The summed E-state index contributed by atoms with van der Waals surface area (Å²) < 4.78 is 16.4. The highest BCUT2D eigenvalue weighted by Gasteiger charge is 2.17. The number of nitrogens with one attached hydrogen (secondary N) is 1. The molecule has 1 N–H and O–H groups in total. The van der Waals surface area contributed by atoms with Crippen molar-refractivity contribution >= 4 is 11.6 Å². The maximum absolute atomic E-state index is 12.3. The number of carbonyl (C=O) groups is 1. The van der Waals surface area contributed by atoms with Crippen LogP contribution in [0, 0.1) is 6.92 Å². The van der Waals surface area contributed by atoms with Gasteiger partial charge < -0.3 is 19.2 Å². The van der Waals surface area contributed by atoms with E-state index in [9.17, 15) is 4.79 Å². The van der Waals surface area contributed by atoms with Crippen molar-refractivity contribution in [1.29, 1.82) is 0 Å². The van der Waals surface area contributed by atoms with Gasteiger partial charge in [0.25, 0.3) is 5.91 Å². The molecule has 26 heavy (non-hydrogen) atoms. The smallest absolute Gasteiger partial charge is 0.293 e. The highest BCUT2D eigenvalue weighted by Crippen LogP contribution is 2.30. The Morgan fingerprint density at radius 1 is 1.19 bits per heavy atom. The molecule has 3 rings (SSSR count). The second kappa shape index (κ2) is 7.69. The molecule has 0 aliphatic rings. The van der Waals surface area contributed by atoms with Gasteiger partial charge in [0.2, 0.25) is 11.6 Å². The van der Waals surface area contributed by atoms with Crippen LogP contribution < -0.4 is 14.8 Å².